The van der Waals surface area contributed by atoms with Gasteiger partial charge in [0.25, 0.3) is 11.6 Å². The van der Waals surface area contributed by atoms with Crippen molar-refractivity contribution in [1.29, 1.82) is 0 Å². The summed E-state index contributed by atoms with van der Waals surface area (Å²) in [5.41, 5.74) is 3.26. The van der Waals surface area contributed by atoms with E-state index in [1.165, 1.54) is 6.07 Å². The molecule has 1 N–H and O–H groups in total. The van der Waals surface area contributed by atoms with Gasteiger partial charge in [-0.3, -0.25) is 14.9 Å². The van der Waals surface area contributed by atoms with E-state index in [4.69, 9.17) is 16.3 Å². The molecular weight excluding hydrogens is 344 g/mol. The third kappa shape index (κ3) is 4.28. The van der Waals surface area contributed by atoms with Crippen LogP contribution in [0.25, 0.3) is 0 Å². The molecule has 25 heavy (non-hydrogen) atoms. The molecule has 0 saturated carbocycles. The van der Waals surface area contributed by atoms with E-state index >= 15 is 0 Å². The van der Waals surface area contributed by atoms with Crippen LogP contribution in [0, 0.1) is 37.8 Å². The Hall–Kier alpha value is -2.60. The van der Waals surface area contributed by atoms with E-state index < -0.39 is 10.8 Å². The molecule has 0 spiro atoms. The van der Waals surface area contributed by atoms with Crippen molar-refractivity contribution in [1.82, 2.24) is 0 Å². The van der Waals surface area contributed by atoms with Gasteiger partial charge in [-0.25, -0.2) is 0 Å². The Labute approximate surface area is 150 Å². The number of halogens is 1. The van der Waals surface area contributed by atoms with Gasteiger partial charge in [0.1, 0.15) is 11.4 Å². The average molecular weight is 363 g/mol. The normalized spacial score (nSPS) is 10.4. The number of amides is 1. The van der Waals surface area contributed by atoms with E-state index in [9.17, 15) is 14.9 Å². The molecule has 0 unspecified atom stereocenters. The fourth-order valence-electron chi connectivity index (χ4n) is 2.43. The van der Waals surface area contributed by atoms with Crippen LogP contribution in [0.4, 0.5) is 11.4 Å². The highest BCUT2D eigenvalue weighted by molar-refractivity contribution is 6.32. The minimum atomic E-state index is -0.519. The average Bonchev–Trinajstić information content (AvgIpc) is 2.54. The van der Waals surface area contributed by atoms with Crippen LogP contribution in [-0.4, -0.2) is 17.4 Å². The van der Waals surface area contributed by atoms with Gasteiger partial charge in [-0.15, -0.1) is 0 Å². The Morgan fingerprint density at radius 1 is 1.16 bits per heavy atom. The molecular formula is C18H19ClN2O4. The summed E-state index contributed by atoms with van der Waals surface area (Å²) in [6.07, 6.45) is 0. The standard InChI is InChI=1S/C18H19ClN2O4/c1-10-5-6-15(21(23)24)18(13(10)4)20-16(22)9-25-14-7-11(2)17(19)12(3)8-14/h5-8H,9H2,1-4H3,(H,20,22). The summed E-state index contributed by atoms with van der Waals surface area (Å²) in [5.74, 6) is 0.0482. The molecule has 0 heterocycles. The summed E-state index contributed by atoms with van der Waals surface area (Å²) in [6, 6.07) is 6.51. The van der Waals surface area contributed by atoms with Crippen molar-refractivity contribution in [3.8, 4) is 5.75 Å². The van der Waals surface area contributed by atoms with Gasteiger partial charge < -0.3 is 10.1 Å². The Morgan fingerprint density at radius 3 is 2.32 bits per heavy atom. The highest BCUT2D eigenvalue weighted by Gasteiger charge is 2.19. The molecule has 0 saturated heterocycles. The van der Waals surface area contributed by atoms with Crippen molar-refractivity contribution in [2.24, 2.45) is 0 Å². The molecule has 7 heteroatoms. The minimum Gasteiger partial charge on any atom is -0.484 e. The van der Waals surface area contributed by atoms with Gasteiger partial charge in [-0.2, -0.15) is 0 Å². The van der Waals surface area contributed by atoms with Crippen molar-refractivity contribution in [2.75, 3.05) is 11.9 Å². The van der Waals surface area contributed by atoms with E-state index in [2.05, 4.69) is 5.32 Å². The largest absolute Gasteiger partial charge is 0.484 e. The number of hydrogen-bond acceptors (Lipinski definition) is 4. The van der Waals surface area contributed by atoms with Crippen LogP contribution in [-0.2, 0) is 4.79 Å². The lowest BCUT2D eigenvalue weighted by atomic mass is 10.1. The number of benzene rings is 2. The topological polar surface area (TPSA) is 81.5 Å². The molecule has 1 amide bonds. The number of carbonyl (C=O) groups excluding carboxylic acids is 1. The number of hydrogen-bond donors (Lipinski definition) is 1. The van der Waals surface area contributed by atoms with Gasteiger partial charge in [0, 0.05) is 11.1 Å². The van der Waals surface area contributed by atoms with Gasteiger partial charge in [-0.05, 0) is 62.1 Å². The van der Waals surface area contributed by atoms with E-state index in [0.717, 1.165) is 16.7 Å². The second-order valence-corrected chi connectivity index (χ2v) is 6.24. The van der Waals surface area contributed by atoms with Crippen LogP contribution < -0.4 is 10.1 Å². The molecule has 2 aromatic carbocycles. The molecule has 0 bridgehead atoms. The number of nitro groups is 1. The summed E-state index contributed by atoms with van der Waals surface area (Å²) >= 11 is 6.10. The molecule has 2 aromatic rings. The van der Waals surface area contributed by atoms with Crippen LogP contribution in [0.2, 0.25) is 5.02 Å². The van der Waals surface area contributed by atoms with Crippen LogP contribution in [0.1, 0.15) is 22.3 Å². The number of anilines is 1. The zero-order valence-corrected chi connectivity index (χ0v) is 15.2. The fourth-order valence-corrected chi connectivity index (χ4v) is 2.53. The van der Waals surface area contributed by atoms with Crippen LogP contribution in [0.3, 0.4) is 0 Å². The quantitative estimate of drug-likeness (QED) is 0.627. The minimum absolute atomic E-state index is 0.144. The third-order valence-corrected chi connectivity index (χ3v) is 4.55. The first-order valence-electron chi connectivity index (χ1n) is 7.64. The zero-order chi connectivity index (χ0) is 18.7. The molecule has 0 aliphatic heterocycles. The highest BCUT2D eigenvalue weighted by atomic mass is 35.5. The lowest BCUT2D eigenvalue weighted by molar-refractivity contribution is -0.384. The van der Waals surface area contributed by atoms with E-state index in [1.807, 2.05) is 20.8 Å². The SMILES string of the molecule is Cc1ccc([N+](=O)[O-])c(NC(=O)COc2cc(C)c(Cl)c(C)c2)c1C. The van der Waals surface area contributed by atoms with E-state index in [0.29, 0.717) is 16.3 Å². The van der Waals surface area contributed by atoms with Gasteiger partial charge >= 0.3 is 0 Å². The van der Waals surface area contributed by atoms with Crippen molar-refractivity contribution in [3.63, 3.8) is 0 Å². The predicted octanol–water partition coefficient (Wildman–Crippen LogP) is 4.50. The number of nitrogens with one attached hydrogen (secondary N) is 1. The number of nitro benzene ring substituents is 1. The van der Waals surface area contributed by atoms with Crippen LogP contribution in [0.15, 0.2) is 24.3 Å². The van der Waals surface area contributed by atoms with Gasteiger partial charge in [-0.1, -0.05) is 17.7 Å². The lowest BCUT2D eigenvalue weighted by Crippen LogP contribution is -2.21. The maximum atomic E-state index is 12.2. The summed E-state index contributed by atoms with van der Waals surface area (Å²) in [7, 11) is 0. The first kappa shape index (κ1) is 18.7. The van der Waals surface area contributed by atoms with E-state index in [-0.39, 0.29) is 18.0 Å². The van der Waals surface area contributed by atoms with Gasteiger partial charge in [0.2, 0.25) is 0 Å². The summed E-state index contributed by atoms with van der Waals surface area (Å²) in [6.45, 7) is 6.99. The first-order valence-corrected chi connectivity index (χ1v) is 8.02. The third-order valence-electron chi connectivity index (χ3n) is 3.95. The maximum absolute atomic E-state index is 12.2. The van der Waals surface area contributed by atoms with Crippen molar-refractivity contribution in [3.05, 3.63) is 61.7 Å². The van der Waals surface area contributed by atoms with Crippen molar-refractivity contribution >= 4 is 28.9 Å². The number of ether oxygens (including phenoxy) is 1. The number of nitrogens with zero attached hydrogens (tertiary/aromatic N) is 1. The Bertz CT molecular complexity index is 826. The Morgan fingerprint density at radius 2 is 1.76 bits per heavy atom. The molecule has 132 valence electrons. The summed E-state index contributed by atoms with van der Waals surface area (Å²) < 4.78 is 5.49. The lowest BCUT2D eigenvalue weighted by Gasteiger charge is -2.12. The Kier molecular flexibility index (Phi) is 5.64. The molecule has 6 nitrogen and oxygen atoms in total. The van der Waals surface area contributed by atoms with Gasteiger partial charge in [0.05, 0.1) is 4.92 Å². The monoisotopic (exact) mass is 362 g/mol. The molecule has 0 aromatic heterocycles. The molecule has 0 aliphatic rings. The summed E-state index contributed by atoms with van der Waals surface area (Å²) in [5, 5.41) is 14.4. The maximum Gasteiger partial charge on any atom is 0.293 e. The fraction of sp³-hybridized carbons (Fsp3) is 0.278. The van der Waals surface area contributed by atoms with Gasteiger partial charge in [0.15, 0.2) is 6.61 Å². The summed E-state index contributed by atoms with van der Waals surface area (Å²) in [4.78, 5) is 22.8. The van der Waals surface area contributed by atoms with Crippen molar-refractivity contribution < 1.29 is 14.5 Å². The number of rotatable bonds is 5. The molecule has 0 atom stereocenters. The zero-order valence-electron chi connectivity index (χ0n) is 14.5. The molecule has 0 fully saturated rings. The second kappa shape index (κ2) is 7.53. The van der Waals surface area contributed by atoms with Crippen molar-refractivity contribution in [2.45, 2.75) is 27.7 Å². The number of carbonyl (C=O) groups is 1. The predicted molar refractivity (Wildman–Crippen MR) is 97.6 cm³/mol. The number of aryl methyl sites for hydroxylation is 3. The first-order chi connectivity index (χ1) is 11.7. The van der Waals surface area contributed by atoms with E-state index in [1.54, 1.807) is 25.1 Å². The second-order valence-electron chi connectivity index (χ2n) is 5.87. The molecule has 0 aliphatic carbocycles. The van der Waals surface area contributed by atoms with Crippen LogP contribution in [0.5, 0.6) is 5.75 Å². The smallest absolute Gasteiger partial charge is 0.293 e. The Balaban J connectivity index is 2.14. The van der Waals surface area contributed by atoms with Crippen LogP contribution >= 0.6 is 11.6 Å². The molecule has 2 rings (SSSR count). The molecule has 0 radical (unpaired) electrons. The highest BCUT2D eigenvalue weighted by Crippen LogP contribution is 2.30.